The Morgan fingerprint density at radius 2 is 2.32 bits per heavy atom. The van der Waals surface area contributed by atoms with Crippen LogP contribution in [0, 0.1) is 11.7 Å². The van der Waals surface area contributed by atoms with Gasteiger partial charge in [0.2, 0.25) is 0 Å². The molecular formula is C18H26FIN4O. The molecule has 2 N–H and O–H groups in total. The summed E-state index contributed by atoms with van der Waals surface area (Å²) < 4.78 is 18.7. The van der Waals surface area contributed by atoms with E-state index in [1.165, 1.54) is 17.7 Å². The van der Waals surface area contributed by atoms with Crippen molar-refractivity contribution in [1.82, 2.24) is 15.2 Å². The molecule has 1 aliphatic heterocycles. The highest BCUT2D eigenvalue weighted by Crippen LogP contribution is 2.19. The zero-order valence-electron chi connectivity index (χ0n) is 14.7. The van der Waals surface area contributed by atoms with Gasteiger partial charge < -0.3 is 19.9 Å². The Hall–Kier alpha value is -1.35. The average molecular weight is 460 g/mol. The molecule has 7 heteroatoms. The lowest BCUT2D eigenvalue weighted by molar-refractivity contribution is 0.181. The van der Waals surface area contributed by atoms with Gasteiger partial charge in [-0.25, -0.2) is 4.39 Å². The first kappa shape index (κ1) is 20.0. The standard InChI is InChI=1S/C18H25FN4O.HI/c1-20-18(23(2)11-13-6-8-24-12-13)21-7-5-14-10-22-17-9-15(19)3-4-16(14)17;/h3-4,9-10,13,22H,5-8,11-12H2,1-2H3,(H,20,21);1H. The summed E-state index contributed by atoms with van der Waals surface area (Å²) in [6, 6.07) is 4.86. The Kier molecular flexibility index (Phi) is 7.49. The number of benzene rings is 1. The topological polar surface area (TPSA) is 52.7 Å². The number of nitrogens with one attached hydrogen (secondary N) is 2. The van der Waals surface area contributed by atoms with Crippen molar-refractivity contribution in [3.05, 3.63) is 35.8 Å². The van der Waals surface area contributed by atoms with Crippen LogP contribution in [-0.4, -0.2) is 56.2 Å². The van der Waals surface area contributed by atoms with Gasteiger partial charge in [0.05, 0.1) is 6.61 Å². The van der Waals surface area contributed by atoms with Gasteiger partial charge in [-0.3, -0.25) is 4.99 Å². The van der Waals surface area contributed by atoms with Crippen LogP contribution in [0.25, 0.3) is 10.9 Å². The highest BCUT2D eigenvalue weighted by molar-refractivity contribution is 14.0. The minimum atomic E-state index is -0.216. The first-order valence-corrected chi connectivity index (χ1v) is 8.42. The van der Waals surface area contributed by atoms with Crippen LogP contribution in [0.2, 0.25) is 0 Å². The van der Waals surface area contributed by atoms with Gasteiger partial charge in [0.1, 0.15) is 5.82 Å². The minimum Gasteiger partial charge on any atom is -0.381 e. The molecule has 1 saturated heterocycles. The summed E-state index contributed by atoms with van der Waals surface area (Å²) in [6.07, 6.45) is 3.92. The molecule has 138 valence electrons. The number of H-pyrrole nitrogens is 1. The summed E-state index contributed by atoms with van der Waals surface area (Å²) in [7, 11) is 3.86. The molecule has 25 heavy (non-hydrogen) atoms. The summed E-state index contributed by atoms with van der Waals surface area (Å²) >= 11 is 0. The predicted molar refractivity (Wildman–Crippen MR) is 110 cm³/mol. The fourth-order valence-corrected chi connectivity index (χ4v) is 3.26. The molecule has 1 fully saturated rings. The average Bonchev–Trinajstić information content (AvgIpc) is 3.21. The highest BCUT2D eigenvalue weighted by Gasteiger charge is 2.19. The van der Waals surface area contributed by atoms with E-state index in [0.29, 0.717) is 5.92 Å². The zero-order valence-corrected chi connectivity index (χ0v) is 17.0. The second-order valence-electron chi connectivity index (χ2n) is 6.34. The first-order valence-electron chi connectivity index (χ1n) is 8.42. The first-order chi connectivity index (χ1) is 11.7. The third-order valence-electron chi connectivity index (χ3n) is 4.54. The predicted octanol–water partition coefficient (Wildman–Crippen LogP) is 3.01. The fourth-order valence-electron chi connectivity index (χ4n) is 3.26. The number of rotatable bonds is 5. The number of aromatic nitrogens is 1. The number of ether oxygens (including phenoxy) is 1. The minimum absolute atomic E-state index is 0. The number of aromatic amines is 1. The highest BCUT2D eigenvalue weighted by atomic mass is 127. The molecule has 0 saturated carbocycles. The molecule has 0 aliphatic carbocycles. The lowest BCUT2D eigenvalue weighted by Gasteiger charge is -2.24. The lowest BCUT2D eigenvalue weighted by Crippen LogP contribution is -2.42. The molecule has 1 aliphatic rings. The maximum atomic E-state index is 13.2. The smallest absolute Gasteiger partial charge is 0.193 e. The van der Waals surface area contributed by atoms with Gasteiger partial charge in [-0.2, -0.15) is 0 Å². The van der Waals surface area contributed by atoms with Crippen molar-refractivity contribution in [2.45, 2.75) is 12.8 Å². The molecular weight excluding hydrogens is 434 g/mol. The van der Waals surface area contributed by atoms with Crippen LogP contribution < -0.4 is 5.32 Å². The Morgan fingerprint density at radius 1 is 1.48 bits per heavy atom. The second kappa shape index (κ2) is 9.38. The van der Waals surface area contributed by atoms with Crippen LogP contribution in [0.5, 0.6) is 0 Å². The van der Waals surface area contributed by atoms with E-state index < -0.39 is 0 Å². The molecule has 0 amide bonds. The number of halogens is 2. The van der Waals surface area contributed by atoms with Gasteiger partial charge >= 0.3 is 0 Å². The molecule has 0 radical (unpaired) electrons. The SMILES string of the molecule is CN=C(NCCc1c[nH]c2cc(F)ccc12)N(C)CC1CCOC1.I. The molecule has 1 aromatic carbocycles. The fraction of sp³-hybridized carbons (Fsp3) is 0.500. The molecule has 0 spiro atoms. The number of hydrogen-bond donors (Lipinski definition) is 2. The summed E-state index contributed by atoms with van der Waals surface area (Å²) in [5.41, 5.74) is 2.02. The molecule has 1 aromatic heterocycles. The van der Waals surface area contributed by atoms with Gasteiger partial charge in [0.15, 0.2) is 5.96 Å². The number of guanidine groups is 1. The Bertz CT molecular complexity index is 712. The van der Waals surface area contributed by atoms with E-state index in [9.17, 15) is 4.39 Å². The van der Waals surface area contributed by atoms with Crippen LogP contribution >= 0.6 is 24.0 Å². The van der Waals surface area contributed by atoms with E-state index in [1.54, 1.807) is 7.05 Å². The number of hydrogen-bond acceptors (Lipinski definition) is 2. The second-order valence-corrected chi connectivity index (χ2v) is 6.34. The van der Waals surface area contributed by atoms with E-state index in [1.807, 2.05) is 12.3 Å². The van der Waals surface area contributed by atoms with Crippen LogP contribution in [0.3, 0.4) is 0 Å². The van der Waals surface area contributed by atoms with Crippen LogP contribution in [-0.2, 0) is 11.2 Å². The molecule has 1 unspecified atom stereocenters. The Morgan fingerprint density at radius 3 is 3.04 bits per heavy atom. The monoisotopic (exact) mass is 460 g/mol. The molecule has 3 rings (SSSR count). The Balaban J connectivity index is 0.00000225. The third kappa shape index (κ3) is 5.07. The summed E-state index contributed by atoms with van der Waals surface area (Å²) in [4.78, 5) is 9.64. The zero-order chi connectivity index (χ0) is 16.9. The van der Waals surface area contributed by atoms with E-state index in [-0.39, 0.29) is 29.8 Å². The van der Waals surface area contributed by atoms with Crippen molar-refractivity contribution in [2.24, 2.45) is 10.9 Å². The summed E-state index contributed by atoms with van der Waals surface area (Å²) in [6.45, 7) is 3.44. The van der Waals surface area contributed by atoms with Gasteiger partial charge in [-0.05, 0) is 36.6 Å². The van der Waals surface area contributed by atoms with Gasteiger partial charge in [-0.1, -0.05) is 0 Å². The van der Waals surface area contributed by atoms with Crippen molar-refractivity contribution in [1.29, 1.82) is 0 Å². The van der Waals surface area contributed by atoms with E-state index in [2.05, 4.69) is 27.2 Å². The maximum Gasteiger partial charge on any atom is 0.193 e. The van der Waals surface area contributed by atoms with Crippen molar-refractivity contribution in [3.63, 3.8) is 0 Å². The molecule has 2 heterocycles. The molecule has 5 nitrogen and oxygen atoms in total. The van der Waals surface area contributed by atoms with Crippen molar-refractivity contribution in [3.8, 4) is 0 Å². The number of nitrogens with zero attached hydrogens (tertiary/aromatic N) is 2. The van der Waals surface area contributed by atoms with E-state index in [4.69, 9.17) is 4.74 Å². The van der Waals surface area contributed by atoms with Gasteiger partial charge in [0.25, 0.3) is 0 Å². The van der Waals surface area contributed by atoms with E-state index >= 15 is 0 Å². The van der Waals surface area contributed by atoms with Crippen molar-refractivity contribution >= 4 is 40.8 Å². The van der Waals surface area contributed by atoms with Crippen LogP contribution in [0.15, 0.2) is 29.4 Å². The van der Waals surface area contributed by atoms with Crippen molar-refractivity contribution in [2.75, 3.05) is 40.4 Å². The molecule has 0 bridgehead atoms. The third-order valence-corrected chi connectivity index (χ3v) is 4.54. The van der Waals surface area contributed by atoms with Crippen molar-refractivity contribution < 1.29 is 9.13 Å². The van der Waals surface area contributed by atoms with E-state index in [0.717, 1.165) is 56.0 Å². The largest absolute Gasteiger partial charge is 0.381 e. The molecule has 2 aromatic rings. The van der Waals surface area contributed by atoms with Crippen LogP contribution in [0.4, 0.5) is 4.39 Å². The summed E-state index contributed by atoms with van der Waals surface area (Å²) in [5, 5.41) is 4.48. The maximum absolute atomic E-state index is 13.2. The quantitative estimate of drug-likeness (QED) is 0.410. The summed E-state index contributed by atoms with van der Waals surface area (Å²) in [5.74, 6) is 1.26. The van der Waals surface area contributed by atoms with Gasteiger partial charge in [0, 0.05) is 56.8 Å². The molecule has 1 atom stereocenters. The lowest BCUT2D eigenvalue weighted by atomic mass is 10.1. The number of fused-ring (bicyclic) bond motifs is 1. The number of aliphatic imine (C=N–C) groups is 1. The normalized spacial score (nSPS) is 17.6. The van der Waals surface area contributed by atoms with Crippen LogP contribution in [0.1, 0.15) is 12.0 Å². The van der Waals surface area contributed by atoms with Gasteiger partial charge in [-0.15, -0.1) is 24.0 Å². The Labute approximate surface area is 165 Å².